The highest BCUT2D eigenvalue weighted by Gasteiger charge is 2.22. The molecule has 1 N–H and O–H groups in total. The van der Waals surface area contributed by atoms with Gasteiger partial charge in [0.05, 0.1) is 11.1 Å². The second-order valence-corrected chi connectivity index (χ2v) is 6.91. The maximum Gasteiger partial charge on any atom is 0.339 e. The first-order chi connectivity index (χ1) is 10.8. The number of aromatic carboxylic acids is 1. The maximum atomic E-state index is 12.5. The lowest BCUT2D eigenvalue weighted by atomic mass is 10.0. The molecule has 1 rings (SSSR count). The fourth-order valence-corrected chi connectivity index (χ4v) is 2.94. The average Bonchev–Trinajstić information content (AvgIpc) is 2.50. The highest BCUT2D eigenvalue weighted by atomic mass is 79.9. The zero-order valence-corrected chi connectivity index (χ0v) is 15.8. The standard InChI is InChI=1S/C18H25BrO4/c1-5-12-9-15(14(17(20)21)10-16(12)19)18(22)23-13(6-2)8-7-11(3)4/h9-11,13H,5-8H2,1-4H3,(H,20,21). The minimum absolute atomic E-state index is 0.0298. The summed E-state index contributed by atoms with van der Waals surface area (Å²) in [5.74, 6) is -1.15. The first-order valence-corrected chi connectivity index (χ1v) is 8.86. The molecular formula is C18H25BrO4. The van der Waals surface area contributed by atoms with Crippen molar-refractivity contribution in [2.75, 3.05) is 0 Å². The van der Waals surface area contributed by atoms with Crippen LogP contribution in [0.25, 0.3) is 0 Å². The van der Waals surface area contributed by atoms with E-state index in [0.29, 0.717) is 16.8 Å². The maximum absolute atomic E-state index is 12.5. The van der Waals surface area contributed by atoms with Crippen LogP contribution in [0.3, 0.4) is 0 Å². The van der Waals surface area contributed by atoms with Gasteiger partial charge in [-0.3, -0.25) is 0 Å². The van der Waals surface area contributed by atoms with Crippen LogP contribution >= 0.6 is 15.9 Å². The number of hydrogen-bond acceptors (Lipinski definition) is 3. The second kappa shape index (κ2) is 9.06. The van der Waals surface area contributed by atoms with E-state index in [1.165, 1.54) is 6.07 Å². The van der Waals surface area contributed by atoms with Crippen molar-refractivity contribution in [1.82, 2.24) is 0 Å². The number of carbonyl (C=O) groups is 2. The van der Waals surface area contributed by atoms with Gasteiger partial charge in [0, 0.05) is 4.47 Å². The van der Waals surface area contributed by atoms with Gasteiger partial charge in [0.15, 0.2) is 0 Å². The van der Waals surface area contributed by atoms with Crippen molar-refractivity contribution in [3.05, 3.63) is 33.3 Å². The first kappa shape index (κ1) is 19.7. The van der Waals surface area contributed by atoms with Gasteiger partial charge in [0.2, 0.25) is 0 Å². The summed E-state index contributed by atoms with van der Waals surface area (Å²) in [6.45, 7) is 8.17. The molecule has 0 saturated heterocycles. The predicted molar refractivity (Wildman–Crippen MR) is 94.0 cm³/mol. The molecule has 0 bridgehead atoms. The smallest absolute Gasteiger partial charge is 0.339 e. The van der Waals surface area contributed by atoms with E-state index in [2.05, 4.69) is 29.8 Å². The molecular weight excluding hydrogens is 360 g/mol. The number of halogens is 1. The Balaban J connectivity index is 3.03. The summed E-state index contributed by atoms with van der Waals surface area (Å²) in [6, 6.07) is 3.10. The zero-order chi connectivity index (χ0) is 17.6. The summed E-state index contributed by atoms with van der Waals surface area (Å²) in [6.07, 6.45) is 3.00. The molecule has 128 valence electrons. The van der Waals surface area contributed by atoms with Crippen molar-refractivity contribution < 1.29 is 19.4 Å². The van der Waals surface area contributed by atoms with E-state index in [4.69, 9.17) is 4.74 Å². The van der Waals surface area contributed by atoms with Gasteiger partial charge in [-0.05, 0) is 49.3 Å². The molecule has 0 amide bonds. The molecule has 0 aliphatic carbocycles. The topological polar surface area (TPSA) is 63.6 Å². The van der Waals surface area contributed by atoms with Gasteiger partial charge in [0.25, 0.3) is 0 Å². The predicted octanol–water partition coefficient (Wildman–Crippen LogP) is 5.08. The van der Waals surface area contributed by atoms with E-state index in [1.807, 2.05) is 13.8 Å². The van der Waals surface area contributed by atoms with Crippen molar-refractivity contribution in [1.29, 1.82) is 0 Å². The highest BCUT2D eigenvalue weighted by Crippen LogP contribution is 2.25. The summed E-state index contributed by atoms with van der Waals surface area (Å²) in [5, 5.41) is 9.34. The third kappa shape index (κ3) is 5.65. The van der Waals surface area contributed by atoms with Crippen LogP contribution in [0.4, 0.5) is 0 Å². The van der Waals surface area contributed by atoms with Crippen molar-refractivity contribution in [2.45, 2.75) is 59.5 Å². The van der Waals surface area contributed by atoms with E-state index >= 15 is 0 Å². The molecule has 0 aliphatic heterocycles. The van der Waals surface area contributed by atoms with Gasteiger partial charge in [-0.15, -0.1) is 0 Å². The van der Waals surface area contributed by atoms with Crippen LogP contribution in [0.2, 0.25) is 0 Å². The molecule has 1 unspecified atom stereocenters. The number of aryl methyl sites for hydroxylation is 1. The second-order valence-electron chi connectivity index (χ2n) is 6.05. The molecule has 0 aliphatic rings. The fraction of sp³-hybridized carbons (Fsp3) is 0.556. The lowest BCUT2D eigenvalue weighted by molar-refractivity contribution is 0.0255. The van der Waals surface area contributed by atoms with E-state index < -0.39 is 11.9 Å². The summed E-state index contributed by atoms with van der Waals surface area (Å²) in [7, 11) is 0. The number of carbonyl (C=O) groups excluding carboxylic acids is 1. The SMILES string of the molecule is CCc1cc(C(=O)OC(CC)CCC(C)C)c(C(=O)O)cc1Br. The summed E-state index contributed by atoms with van der Waals surface area (Å²) < 4.78 is 6.24. The Kier molecular flexibility index (Phi) is 7.76. The molecule has 23 heavy (non-hydrogen) atoms. The molecule has 0 spiro atoms. The van der Waals surface area contributed by atoms with Crippen molar-refractivity contribution in [3.8, 4) is 0 Å². The molecule has 0 heterocycles. The molecule has 0 fully saturated rings. The molecule has 0 radical (unpaired) electrons. The molecule has 5 heteroatoms. The summed E-state index contributed by atoms with van der Waals surface area (Å²) in [4.78, 5) is 23.9. The van der Waals surface area contributed by atoms with Gasteiger partial charge < -0.3 is 9.84 Å². The fourth-order valence-electron chi connectivity index (χ4n) is 2.32. The number of hydrogen-bond donors (Lipinski definition) is 1. The Morgan fingerprint density at radius 3 is 2.30 bits per heavy atom. The summed E-state index contributed by atoms with van der Waals surface area (Å²) in [5.41, 5.74) is 0.982. The van der Waals surface area contributed by atoms with E-state index in [-0.39, 0.29) is 17.2 Å². The lowest BCUT2D eigenvalue weighted by Crippen LogP contribution is -2.20. The van der Waals surface area contributed by atoms with Crippen LogP contribution in [-0.2, 0) is 11.2 Å². The lowest BCUT2D eigenvalue weighted by Gasteiger charge is -2.18. The highest BCUT2D eigenvalue weighted by molar-refractivity contribution is 9.10. The van der Waals surface area contributed by atoms with Crippen LogP contribution in [0.1, 0.15) is 73.2 Å². The number of carboxylic acid groups (broad SMARTS) is 1. The number of benzene rings is 1. The molecule has 1 atom stereocenters. The van der Waals surface area contributed by atoms with Crippen LogP contribution in [0.15, 0.2) is 16.6 Å². The molecule has 0 aromatic heterocycles. The Morgan fingerprint density at radius 2 is 1.83 bits per heavy atom. The largest absolute Gasteiger partial charge is 0.478 e. The molecule has 1 aromatic rings. The van der Waals surface area contributed by atoms with Gasteiger partial charge in [-0.1, -0.05) is 43.6 Å². The van der Waals surface area contributed by atoms with Crippen LogP contribution < -0.4 is 0 Å². The van der Waals surface area contributed by atoms with Gasteiger partial charge in [0.1, 0.15) is 6.10 Å². The number of ether oxygens (including phenoxy) is 1. The molecule has 0 saturated carbocycles. The quantitative estimate of drug-likeness (QED) is 0.634. The third-order valence-corrected chi connectivity index (χ3v) is 4.55. The van der Waals surface area contributed by atoms with Crippen LogP contribution in [-0.4, -0.2) is 23.1 Å². The van der Waals surface area contributed by atoms with Gasteiger partial charge in [-0.25, -0.2) is 9.59 Å². The molecule has 1 aromatic carbocycles. The number of rotatable bonds is 8. The van der Waals surface area contributed by atoms with Gasteiger partial charge in [-0.2, -0.15) is 0 Å². The van der Waals surface area contributed by atoms with Crippen molar-refractivity contribution in [3.63, 3.8) is 0 Å². The van der Waals surface area contributed by atoms with E-state index in [9.17, 15) is 14.7 Å². The summed E-state index contributed by atoms with van der Waals surface area (Å²) >= 11 is 3.35. The monoisotopic (exact) mass is 384 g/mol. The van der Waals surface area contributed by atoms with Crippen molar-refractivity contribution >= 4 is 27.9 Å². The Labute approximate surface area is 146 Å². The molecule has 4 nitrogen and oxygen atoms in total. The van der Waals surface area contributed by atoms with E-state index in [1.54, 1.807) is 6.07 Å². The first-order valence-electron chi connectivity index (χ1n) is 8.06. The zero-order valence-electron chi connectivity index (χ0n) is 14.2. The van der Waals surface area contributed by atoms with Crippen LogP contribution in [0, 0.1) is 5.92 Å². The minimum atomic E-state index is -1.13. The average molecular weight is 385 g/mol. The van der Waals surface area contributed by atoms with Crippen LogP contribution in [0.5, 0.6) is 0 Å². The third-order valence-electron chi connectivity index (χ3n) is 3.81. The Bertz CT molecular complexity index is 566. The normalized spacial score (nSPS) is 12.3. The van der Waals surface area contributed by atoms with E-state index in [0.717, 1.165) is 24.8 Å². The Morgan fingerprint density at radius 1 is 1.17 bits per heavy atom. The van der Waals surface area contributed by atoms with Crippen molar-refractivity contribution in [2.24, 2.45) is 5.92 Å². The minimum Gasteiger partial charge on any atom is -0.478 e. The number of carboxylic acids is 1. The van der Waals surface area contributed by atoms with Gasteiger partial charge >= 0.3 is 11.9 Å². The number of esters is 1. The Hall–Kier alpha value is -1.36.